The van der Waals surface area contributed by atoms with Crippen LogP contribution in [0.5, 0.6) is 0 Å². The molecule has 0 amide bonds. The molecule has 3 aromatic rings. The first-order chi connectivity index (χ1) is 16.7. The van der Waals surface area contributed by atoms with Crippen molar-refractivity contribution in [1.29, 1.82) is 0 Å². The van der Waals surface area contributed by atoms with Gasteiger partial charge in [-0.2, -0.15) is 0 Å². The Kier molecular flexibility index (Phi) is 7.86. The molecule has 1 N–H and O–H groups in total. The van der Waals surface area contributed by atoms with Crippen LogP contribution in [0.3, 0.4) is 0 Å². The van der Waals surface area contributed by atoms with E-state index in [0.29, 0.717) is 24.1 Å². The standard InChI is InChI=1S/C26H31FN4O2S2/c1-19(2)29-25(34)30(15-21-12-13-21)17-23-14-28-26(31(23)16-20-8-4-3-5-9-20)35(32,33)18-22-10-6-7-11-24(22)27/h3-11,14,19,21H,12-13,15-18H2,1-2H3,(H,29,34). The lowest BCUT2D eigenvalue weighted by atomic mass is 10.2. The number of nitrogens with one attached hydrogen (secondary N) is 1. The maximum absolute atomic E-state index is 14.3. The molecule has 9 heteroatoms. The Morgan fingerprint density at radius 2 is 1.86 bits per heavy atom. The zero-order valence-corrected chi connectivity index (χ0v) is 21.7. The highest BCUT2D eigenvalue weighted by Gasteiger charge is 2.29. The maximum atomic E-state index is 14.3. The molecule has 1 aliphatic carbocycles. The quantitative estimate of drug-likeness (QED) is 0.401. The summed E-state index contributed by atoms with van der Waals surface area (Å²) in [4.78, 5) is 6.44. The Morgan fingerprint density at radius 1 is 1.17 bits per heavy atom. The lowest BCUT2D eigenvalue weighted by Gasteiger charge is -2.27. The number of sulfone groups is 1. The second-order valence-corrected chi connectivity index (χ2v) is 11.7. The number of nitrogens with zero attached hydrogens (tertiary/aromatic N) is 3. The van der Waals surface area contributed by atoms with Crippen molar-refractivity contribution in [2.24, 2.45) is 5.92 Å². The molecule has 186 valence electrons. The summed E-state index contributed by atoms with van der Waals surface area (Å²) in [5.41, 5.74) is 1.82. The summed E-state index contributed by atoms with van der Waals surface area (Å²) in [6.07, 6.45) is 3.95. The Balaban J connectivity index is 1.69. The molecule has 0 radical (unpaired) electrons. The molecule has 1 saturated carbocycles. The summed E-state index contributed by atoms with van der Waals surface area (Å²) in [5, 5.41) is 3.90. The van der Waals surface area contributed by atoms with Crippen LogP contribution in [0.1, 0.15) is 43.5 Å². The van der Waals surface area contributed by atoms with Crippen molar-refractivity contribution in [1.82, 2.24) is 19.8 Å². The van der Waals surface area contributed by atoms with Crippen LogP contribution >= 0.6 is 12.2 Å². The predicted octanol–water partition coefficient (Wildman–Crippen LogP) is 4.54. The molecule has 0 saturated heterocycles. The zero-order chi connectivity index (χ0) is 25.0. The fourth-order valence-corrected chi connectivity index (χ4v) is 5.83. The number of rotatable bonds is 10. The fraction of sp³-hybridized carbons (Fsp3) is 0.385. The molecule has 2 aromatic carbocycles. The van der Waals surface area contributed by atoms with Crippen molar-refractivity contribution in [3.8, 4) is 0 Å². The molecule has 1 fully saturated rings. The molecular formula is C26H31FN4O2S2. The molecule has 1 heterocycles. The van der Waals surface area contributed by atoms with Crippen LogP contribution in [-0.4, -0.2) is 40.6 Å². The third-order valence-electron chi connectivity index (χ3n) is 5.89. The number of aromatic nitrogens is 2. The number of imidazole rings is 1. The van der Waals surface area contributed by atoms with Gasteiger partial charge in [0.1, 0.15) is 5.82 Å². The van der Waals surface area contributed by atoms with Crippen molar-refractivity contribution in [3.05, 3.63) is 83.4 Å². The highest BCUT2D eigenvalue weighted by molar-refractivity contribution is 7.90. The second kappa shape index (κ2) is 10.9. The van der Waals surface area contributed by atoms with Crippen LogP contribution in [0.2, 0.25) is 0 Å². The van der Waals surface area contributed by atoms with Gasteiger partial charge in [-0.1, -0.05) is 48.5 Å². The van der Waals surface area contributed by atoms with Gasteiger partial charge >= 0.3 is 0 Å². The number of thiocarbonyl (C=S) groups is 1. The van der Waals surface area contributed by atoms with E-state index in [9.17, 15) is 12.8 Å². The predicted molar refractivity (Wildman–Crippen MR) is 139 cm³/mol. The van der Waals surface area contributed by atoms with E-state index in [1.54, 1.807) is 22.9 Å². The van der Waals surface area contributed by atoms with Gasteiger partial charge in [0.2, 0.25) is 15.0 Å². The summed E-state index contributed by atoms with van der Waals surface area (Å²) in [6, 6.07) is 15.8. The van der Waals surface area contributed by atoms with Gasteiger partial charge in [0.05, 0.1) is 30.7 Å². The molecular weight excluding hydrogens is 483 g/mol. The second-order valence-electron chi connectivity index (χ2n) is 9.38. The first-order valence-electron chi connectivity index (χ1n) is 11.8. The van der Waals surface area contributed by atoms with Crippen LogP contribution in [0.4, 0.5) is 4.39 Å². The van der Waals surface area contributed by atoms with Crippen molar-refractivity contribution in [2.45, 2.75) is 56.7 Å². The fourth-order valence-electron chi connectivity index (χ4n) is 3.95. The molecule has 0 atom stereocenters. The first kappa shape index (κ1) is 25.3. The summed E-state index contributed by atoms with van der Waals surface area (Å²) >= 11 is 5.68. The molecule has 1 aromatic heterocycles. The van der Waals surface area contributed by atoms with Crippen LogP contribution in [0.15, 0.2) is 66.0 Å². The number of hydrogen-bond donors (Lipinski definition) is 1. The molecule has 35 heavy (non-hydrogen) atoms. The van der Waals surface area contributed by atoms with Gasteiger partial charge < -0.3 is 14.8 Å². The Bertz CT molecular complexity index is 1270. The highest BCUT2D eigenvalue weighted by atomic mass is 32.2. The average Bonchev–Trinajstić information content (AvgIpc) is 3.54. The molecule has 0 spiro atoms. The largest absolute Gasteiger partial charge is 0.360 e. The van der Waals surface area contributed by atoms with Crippen LogP contribution in [0, 0.1) is 11.7 Å². The van der Waals surface area contributed by atoms with E-state index < -0.39 is 21.4 Å². The van der Waals surface area contributed by atoms with Crippen molar-refractivity contribution in [2.75, 3.05) is 6.54 Å². The molecule has 4 rings (SSSR count). The summed E-state index contributed by atoms with van der Waals surface area (Å²) in [5.74, 6) is -0.404. The minimum atomic E-state index is -3.91. The maximum Gasteiger partial charge on any atom is 0.228 e. The van der Waals surface area contributed by atoms with Gasteiger partial charge in [-0.15, -0.1) is 0 Å². The summed E-state index contributed by atoms with van der Waals surface area (Å²) < 4.78 is 42.8. The average molecular weight is 515 g/mol. The Morgan fingerprint density at radius 3 is 2.51 bits per heavy atom. The number of benzene rings is 2. The smallest absolute Gasteiger partial charge is 0.228 e. The van der Waals surface area contributed by atoms with Gasteiger partial charge in [0.15, 0.2) is 5.11 Å². The van der Waals surface area contributed by atoms with Crippen LogP contribution in [-0.2, 0) is 28.7 Å². The van der Waals surface area contributed by atoms with Gasteiger partial charge in [-0.3, -0.25) is 0 Å². The Labute approximate surface area is 212 Å². The number of halogens is 1. The molecule has 0 bridgehead atoms. The lowest BCUT2D eigenvalue weighted by Crippen LogP contribution is -2.43. The summed E-state index contributed by atoms with van der Waals surface area (Å²) in [6.45, 7) is 5.66. The van der Waals surface area contributed by atoms with E-state index >= 15 is 0 Å². The van der Waals surface area contributed by atoms with Crippen LogP contribution < -0.4 is 5.32 Å². The molecule has 6 nitrogen and oxygen atoms in total. The monoisotopic (exact) mass is 514 g/mol. The zero-order valence-electron chi connectivity index (χ0n) is 20.0. The molecule has 1 aliphatic rings. The minimum Gasteiger partial charge on any atom is -0.360 e. The highest BCUT2D eigenvalue weighted by Crippen LogP contribution is 2.30. The minimum absolute atomic E-state index is 0.0614. The van der Waals surface area contributed by atoms with E-state index in [2.05, 4.69) is 15.2 Å². The molecule has 0 aliphatic heterocycles. The SMILES string of the molecule is CC(C)NC(=S)N(Cc1cnc(S(=O)(=O)Cc2ccccc2F)n1Cc1ccccc1)CC1CC1. The van der Waals surface area contributed by atoms with Gasteiger partial charge in [0, 0.05) is 18.2 Å². The van der Waals surface area contributed by atoms with E-state index in [0.717, 1.165) is 17.8 Å². The van der Waals surface area contributed by atoms with E-state index in [1.165, 1.54) is 25.0 Å². The van der Waals surface area contributed by atoms with Crippen LogP contribution in [0.25, 0.3) is 0 Å². The third-order valence-corrected chi connectivity index (χ3v) is 7.84. The van der Waals surface area contributed by atoms with E-state index in [-0.39, 0.29) is 16.8 Å². The third kappa shape index (κ3) is 6.67. The Hall–Kier alpha value is -2.78. The van der Waals surface area contributed by atoms with Gasteiger partial charge in [-0.25, -0.2) is 17.8 Å². The topological polar surface area (TPSA) is 67.2 Å². The number of hydrogen-bond acceptors (Lipinski definition) is 4. The van der Waals surface area contributed by atoms with E-state index in [4.69, 9.17) is 12.2 Å². The van der Waals surface area contributed by atoms with Gasteiger partial charge in [0.25, 0.3) is 0 Å². The lowest BCUT2D eigenvalue weighted by molar-refractivity contribution is 0.371. The van der Waals surface area contributed by atoms with Crippen molar-refractivity contribution < 1.29 is 12.8 Å². The summed E-state index contributed by atoms with van der Waals surface area (Å²) in [7, 11) is -3.91. The van der Waals surface area contributed by atoms with Gasteiger partial charge in [-0.05, 0) is 56.5 Å². The molecule has 0 unspecified atom stereocenters. The van der Waals surface area contributed by atoms with E-state index in [1.807, 2.05) is 44.2 Å². The van der Waals surface area contributed by atoms with Crippen molar-refractivity contribution in [3.63, 3.8) is 0 Å². The first-order valence-corrected chi connectivity index (χ1v) is 13.9. The normalized spacial score (nSPS) is 13.7. The van der Waals surface area contributed by atoms with Crippen molar-refractivity contribution >= 4 is 27.2 Å².